The first kappa shape index (κ1) is 21.4. The van der Waals surface area contributed by atoms with E-state index in [1.807, 2.05) is 23.0 Å². The van der Waals surface area contributed by atoms with Crippen LogP contribution in [-0.2, 0) is 0 Å². The molecule has 1 unspecified atom stereocenters. The molecule has 170 valence electrons. The van der Waals surface area contributed by atoms with Crippen molar-refractivity contribution in [1.29, 1.82) is 0 Å². The standard InChI is InChI=1S/C27H30FN5/c1-4-22-24(5-2)31(19-27(3)13-11-21(12-14-27)32-16-8-15-29-32)17-20-18-33(30-26(20)22)25-10-7-6-9-23(25)28/h6-13,15-17H,4-5,14,18-19H2,1-3H3. The van der Waals surface area contributed by atoms with E-state index in [2.05, 4.69) is 55.2 Å². The molecule has 3 heterocycles. The van der Waals surface area contributed by atoms with Crippen molar-refractivity contribution in [3.05, 3.63) is 89.8 Å². The molecule has 2 aliphatic heterocycles. The molecule has 0 N–H and O–H groups in total. The predicted octanol–water partition coefficient (Wildman–Crippen LogP) is 5.98. The first-order valence-electron chi connectivity index (χ1n) is 11.7. The zero-order chi connectivity index (χ0) is 23.0. The first-order valence-corrected chi connectivity index (χ1v) is 11.7. The summed E-state index contributed by atoms with van der Waals surface area (Å²) >= 11 is 0. The van der Waals surface area contributed by atoms with Crippen LogP contribution in [0.1, 0.15) is 40.0 Å². The van der Waals surface area contributed by atoms with Crippen LogP contribution in [0.4, 0.5) is 10.1 Å². The van der Waals surface area contributed by atoms with Gasteiger partial charge in [-0.1, -0.05) is 45.1 Å². The van der Waals surface area contributed by atoms with E-state index in [0.717, 1.165) is 42.8 Å². The van der Waals surface area contributed by atoms with E-state index in [1.54, 1.807) is 23.3 Å². The largest absolute Gasteiger partial charge is 0.350 e. The van der Waals surface area contributed by atoms with Crippen molar-refractivity contribution < 1.29 is 4.39 Å². The molecule has 3 aliphatic rings. The minimum atomic E-state index is -0.240. The molecule has 1 atom stereocenters. The van der Waals surface area contributed by atoms with Gasteiger partial charge in [0.05, 0.1) is 23.6 Å². The quantitative estimate of drug-likeness (QED) is 0.551. The van der Waals surface area contributed by atoms with Gasteiger partial charge in [-0.15, -0.1) is 0 Å². The van der Waals surface area contributed by atoms with Gasteiger partial charge in [-0.3, -0.25) is 5.01 Å². The molecular weight excluding hydrogens is 413 g/mol. The number of anilines is 1. The Morgan fingerprint density at radius 1 is 1.12 bits per heavy atom. The summed E-state index contributed by atoms with van der Waals surface area (Å²) in [6, 6.07) is 8.80. The molecule has 0 fully saturated rings. The monoisotopic (exact) mass is 443 g/mol. The van der Waals surface area contributed by atoms with Crippen molar-refractivity contribution in [3.8, 4) is 0 Å². The fraction of sp³-hybridized carbons (Fsp3) is 0.333. The summed E-state index contributed by atoms with van der Waals surface area (Å²) in [4.78, 5) is 2.41. The number of aromatic nitrogens is 2. The van der Waals surface area contributed by atoms with Crippen molar-refractivity contribution in [1.82, 2.24) is 14.7 Å². The third-order valence-electron chi connectivity index (χ3n) is 6.69. The van der Waals surface area contributed by atoms with Gasteiger partial charge in [-0.05, 0) is 49.1 Å². The normalized spacial score (nSPS) is 22.4. The molecule has 0 spiro atoms. The van der Waals surface area contributed by atoms with Gasteiger partial charge in [0, 0.05) is 41.8 Å². The number of para-hydroxylation sites is 1. The van der Waals surface area contributed by atoms with Crippen LogP contribution in [0.15, 0.2) is 89.1 Å². The fourth-order valence-electron chi connectivity index (χ4n) is 4.98. The van der Waals surface area contributed by atoms with Crippen LogP contribution in [0, 0.1) is 11.2 Å². The summed E-state index contributed by atoms with van der Waals surface area (Å²) in [5, 5.41) is 11.0. The van der Waals surface area contributed by atoms with E-state index in [9.17, 15) is 4.39 Å². The van der Waals surface area contributed by atoms with Gasteiger partial charge in [0.1, 0.15) is 5.82 Å². The molecule has 0 bridgehead atoms. The first-order chi connectivity index (χ1) is 16.0. The molecule has 6 heteroatoms. The third-order valence-corrected chi connectivity index (χ3v) is 6.69. The number of benzene rings is 1. The average Bonchev–Trinajstić information content (AvgIpc) is 3.49. The van der Waals surface area contributed by atoms with Crippen molar-refractivity contribution in [2.45, 2.75) is 40.0 Å². The zero-order valence-corrected chi connectivity index (χ0v) is 19.5. The minimum Gasteiger partial charge on any atom is -0.350 e. The topological polar surface area (TPSA) is 36.7 Å². The summed E-state index contributed by atoms with van der Waals surface area (Å²) < 4.78 is 16.3. The lowest BCUT2D eigenvalue weighted by Crippen LogP contribution is -2.35. The number of halogens is 1. The Kier molecular flexibility index (Phi) is 5.52. The Labute approximate surface area is 194 Å². The molecule has 0 amide bonds. The fourth-order valence-corrected chi connectivity index (χ4v) is 4.98. The number of nitrogens with zero attached hydrogens (tertiary/aromatic N) is 5. The van der Waals surface area contributed by atoms with Crippen molar-refractivity contribution >= 4 is 17.1 Å². The highest BCUT2D eigenvalue weighted by Crippen LogP contribution is 2.38. The Morgan fingerprint density at radius 2 is 1.97 bits per heavy atom. The van der Waals surface area contributed by atoms with Gasteiger partial charge in [0.25, 0.3) is 0 Å². The van der Waals surface area contributed by atoms with Gasteiger partial charge in [0.2, 0.25) is 0 Å². The highest BCUT2D eigenvalue weighted by Gasteiger charge is 2.34. The maximum atomic E-state index is 14.4. The molecule has 0 saturated heterocycles. The van der Waals surface area contributed by atoms with Gasteiger partial charge in [0.15, 0.2) is 0 Å². The number of hydrogen-bond acceptors (Lipinski definition) is 4. The zero-order valence-electron chi connectivity index (χ0n) is 19.5. The van der Waals surface area contributed by atoms with E-state index in [1.165, 1.54) is 17.3 Å². The maximum absolute atomic E-state index is 14.4. The van der Waals surface area contributed by atoms with Crippen LogP contribution in [0.2, 0.25) is 0 Å². The summed E-state index contributed by atoms with van der Waals surface area (Å²) in [6.45, 7) is 8.16. The van der Waals surface area contributed by atoms with Crippen LogP contribution < -0.4 is 5.01 Å². The summed E-state index contributed by atoms with van der Waals surface area (Å²) in [5.74, 6) is -0.240. The number of rotatable bonds is 6. The molecule has 1 aliphatic carbocycles. The van der Waals surface area contributed by atoms with Crippen molar-refractivity contribution in [2.24, 2.45) is 10.5 Å². The van der Waals surface area contributed by atoms with E-state index < -0.39 is 0 Å². The number of hydrazone groups is 1. The van der Waals surface area contributed by atoms with Crippen LogP contribution in [0.3, 0.4) is 0 Å². The number of fused-ring (bicyclic) bond motifs is 1. The Balaban J connectivity index is 1.42. The van der Waals surface area contributed by atoms with Crippen LogP contribution in [0.5, 0.6) is 0 Å². The Morgan fingerprint density at radius 3 is 2.64 bits per heavy atom. The SMILES string of the molecule is CCC1=C(CC)N(CC2(C)C=CC(n3cccn3)=CC2)C=C2CN(c3ccccc3F)N=C21. The average molecular weight is 444 g/mol. The highest BCUT2D eigenvalue weighted by molar-refractivity contribution is 6.16. The number of hydrogen-bond donors (Lipinski definition) is 0. The van der Waals surface area contributed by atoms with Crippen molar-refractivity contribution in [2.75, 3.05) is 18.1 Å². The second-order valence-electron chi connectivity index (χ2n) is 9.14. The van der Waals surface area contributed by atoms with E-state index in [4.69, 9.17) is 5.10 Å². The molecule has 5 nitrogen and oxygen atoms in total. The van der Waals surface area contributed by atoms with Gasteiger partial charge in [-0.2, -0.15) is 10.2 Å². The molecule has 33 heavy (non-hydrogen) atoms. The second-order valence-corrected chi connectivity index (χ2v) is 9.14. The molecule has 0 radical (unpaired) electrons. The van der Waals surface area contributed by atoms with E-state index in [0.29, 0.717) is 12.2 Å². The Hall–Kier alpha value is -3.41. The number of allylic oxidation sites excluding steroid dienone is 5. The van der Waals surface area contributed by atoms with Gasteiger partial charge >= 0.3 is 0 Å². The van der Waals surface area contributed by atoms with Gasteiger partial charge in [-0.25, -0.2) is 9.07 Å². The maximum Gasteiger partial charge on any atom is 0.148 e. The second kappa shape index (κ2) is 8.50. The molecule has 2 aromatic rings. The summed E-state index contributed by atoms with van der Waals surface area (Å²) in [5.41, 5.74) is 6.39. The molecule has 0 saturated carbocycles. The lowest BCUT2D eigenvalue weighted by atomic mass is 9.81. The lowest BCUT2D eigenvalue weighted by molar-refractivity contribution is 0.293. The smallest absolute Gasteiger partial charge is 0.148 e. The molecule has 1 aromatic heterocycles. The van der Waals surface area contributed by atoms with Crippen LogP contribution in [-0.4, -0.2) is 33.5 Å². The summed E-state index contributed by atoms with van der Waals surface area (Å²) in [7, 11) is 0. The van der Waals surface area contributed by atoms with Crippen LogP contribution in [0.25, 0.3) is 5.70 Å². The van der Waals surface area contributed by atoms with Crippen molar-refractivity contribution in [3.63, 3.8) is 0 Å². The molecule has 5 rings (SSSR count). The lowest BCUT2D eigenvalue weighted by Gasteiger charge is -2.38. The van der Waals surface area contributed by atoms with Gasteiger partial charge < -0.3 is 4.90 Å². The minimum absolute atomic E-state index is 0.00542. The summed E-state index contributed by atoms with van der Waals surface area (Å²) in [6.07, 6.45) is 15.5. The predicted molar refractivity (Wildman–Crippen MR) is 132 cm³/mol. The van der Waals surface area contributed by atoms with E-state index in [-0.39, 0.29) is 11.2 Å². The van der Waals surface area contributed by atoms with E-state index >= 15 is 0 Å². The highest BCUT2D eigenvalue weighted by atomic mass is 19.1. The van der Waals surface area contributed by atoms with Crippen LogP contribution >= 0.6 is 0 Å². The molecular formula is C27H30FN5. The third kappa shape index (κ3) is 3.94. The molecule has 1 aromatic carbocycles. The Bertz CT molecular complexity index is 1200.